The van der Waals surface area contributed by atoms with E-state index in [9.17, 15) is 9.59 Å². The lowest BCUT2D eigenvalue weighted by Gasteiger charge is -2.11. The highest BCUT2D eigenvalue weighted by Gasteiger charge is 2.12. The van der Waals surface area contributed by atoms with E-state index in [1.807, 2.05) is 30.3 Å². The summed E-state index contributed by atoms with van der Waals surface area (Å²) in [5.74, 6) is -0.453. The van der Waals surface area contributed by atoms with Crippen molar-refractivity contribution in [2.24, 2.45) is 0 Å². The Hall–Kier alpha value is -2.32. The van der Waals surface area contributed by atoms with Gasteiger partial charge >= 0.3 is 5.91 Å². The van der Waals surface area contributed by atoms with E-state index in [0.717, 1.165) is 15.2 Å². The molecule has 0 aliphatic carbocycles. The van der Waals surface area contributed by atoms with Gasteiger partial charge in [0.2, 0.25) is 0 Å². The molecule has 0 bridgehead atoms. The van der Waals surface area contributed by atoms with Crippen molar-refractivity contribution >= 4 is 54.4 Å². The van der Waals surface area contributed by atoms with Crippen molar-refractivity contribution < 1.29 is 18.7 Å². The number of hydrazine groups is 1. The van der Waals surface area contributed by atoms with Crippen LogP contribution >= 0.6 is 31.9 Å². The van der Waals surface area contributed by atoms with Crippen LogP contribution in [-0.4, -0.2) is 18.4 Å². The van der Waals surface area contributed by atoms with Gasteiger partial charge in [0.1, 0.15) is 5.75 Å². The van der Waals surface area contributed by atoms with Crippen LogP contribution in [0.25, 0.3) is 10.8 Å². The Morgan fingerprint density at radius 1 is 1.00 bits per heavy atom. The lowest BCUT2D eigenvalue weighted by Crippen LogP contribution is -2.43. The zero-order chi connectivity index (χ0) is 17.8. The number of hydrogen-bond acceptors (Lipinski definition) is 4. The maximum atomic E-state index is 11.8. The van der Waals surface area contributed by atoms with E-state index < -0.39 is 11.8 Å². The zero-order valence-corrected chi connectivity index (χ0v) is 15.9. The first-order valence-corrected chi connectivity index (χ1v) is 8.78. The lowest BCUT2D eigenvalue weighted by molar-refractivity contribution is -0.123. The first-order chi connectivity index (χ1) is 12.0. The zero-order valence-electron chi connectivity index (χ0n) is 12.7. The molecule has 3 rings (SSSR count). The highest BCUT2D eigenvalue weighted by atomic mass is 79.9. The molecular weight excluding hydrogens is 456 g/mol. The second-order valence-electron chi connectivity index (χ2n) is 4.99. The predicted octanol–water partition coefficient (Wildman–Crippen LogP) is 3.80. The summed E-state index contributed by atoms with van der Waals surface area (Å²) in [5.41, 5.74) is 4.51. The number of fused-ring (bicyclic) bond motifs is 1. The van der Waals surface area contributed by atoms with Crippen molar-refractivity contribution in [1.82, 2.24) is 10.9 Å². The Kier molecular flexibility index (Phi) is 5.40. The van der Waals surface area contributed by atoms with Gasteiger partial charge in [-0.2, -0.15) is 0 Å². The fourth-order valence-corrected chi connectivity index (χ4v) is 3.04. The number of carbonyl (C=O) groups is 2. The Morgan fingerprint density at radius 2 is 1.80 bits per heavy atom. The Labute approximate surface area is 159 Å². The van der Waals surface area contributed by atoms with Crippen molar-refractivity contribution in [2.45, 2.75) is 0 Å². The summed E-state index contributed by atoms with van der Waals surface area (Å²) in [5, 5.41) is 2.04. The standard InChI is InChI=1S/C17H12Br2N2O4/c18-14-8-7-13(25-14)17(23)21-20-15(22)9-24-12-6-5-10-3-1-2-4-11(10)16(12)19/h1-8H,9H2,(H,20,22)(H,21,23). The Bertz CT molecular complexity index is 939. The number of furan rings is 1. The summed E-state index contributed by atoms with van der Waals surface area (Å²) in [7, 11) is 0. The van der Waals surface area contributed by atoms with Gasteiger partial charge in [0.15, 0.2) is 17.0 Å². The third-order valence-corrected chi connectivity index (χ3v) is 4.54. The van der Waals surface area contributed by atoms with Gasteiger partial charge in [-0.05, 0) is 60.8 Å². The molecule has 0 radical (unpaired) electrons. The molecule has 1 aromatic heterocycles. The molecule has 0 spiro atoms. The van der Waals surface area contributed by atoms with Crippen LogP contribution in [0.3, 0.4) is 0 Å². The highest BCUT2D eigenvalue weighted by molar-refractivity contribution is 9.11. The van der Waals surface area contributed by atoms with Gasteiger partial charge in [-0.1, -0.05) is 30.3 Å². The van der Waals surface area contributed by atoms with E-state index in [1.54, 1.807) is 12.1 Å². The fraction of sp³-hybridized carbons (Fsp3) is 0.0588. The first kappa shape index (κ1) is 17.5. The number of benzene rings is 2. The molecule has 0 saturated heterocycles. The monoisotopic (exact) mass is 466 g/mol. The smallest absolute Gasteiger partial charge is 0.305 e. The van der Waals surface area contributed by atoms with Gasteiger partial charge in [0.05, 0.1) is 4.47 Å². The molecule has 0 unspecified atom stereocenters. The van der Waals surface area contributed by atoms with Crippen molar-refractivity contribution in [3.05, 3.63) is 63.4 Å². The van der Waals surface area contributed by atoms with Crippen LogP contribution < -0.4 is 15.6 Å². The maximum Gasteiger partial charge on any atom is 0.305 e. The third-order valence-electron chi connectivity index (χ3n) is 3.30. The van der Waals surface area contributed by atoms with Crippen molar-refractivity contribution in [1.29, 1.82) is 0 Å². The van der Waals surface area contributed by atoms with Crippen molar-refractivity contribution in [3.8, 4) is 5.75 Å². The van der Waals surface area contributed by atoms with Gasteiger partial charge in [0, 0.05) is 0 Å². The lowest BCUT2D eigenvalue weighted by atomic mass is 10.1. The summed E-state index contributed by atoms with van der Waals surface area (Å²) >= 11 is 6.58. The molecule has 0 atom stereocenters. The molecule has 2 aromatic carbocycles. The minimum Gasteiger partial charge on any atom is -0.483 e. The minimum atomic E-state index is -0.564. The van der Waals surface area contributed by atoms with Gasteiger partial charge in [-0.15, -0.1) is 0 Å². The normalized spacial score (nSPS) is 10.5. The summed E-state index contributed by atoms with van der Waals surface area (Å²) in [6.07, 6.45) is 0. The number of halogens is 2. The van der Waals surface area contributed by atoms with Crippen LogP contribution in [0.4, 0.5) is 0 Å². The largest absolute Gasteiger partial charge is 0.483 e. The summed E-state index contributed by atoms with van der Waals surface area (Å²) in [6.45, 7) is -0.251. The van der Waals surface area contributed by atoms with Crippen LogP contribution in [0.5, 0.6) is 5.75 Å². The highest BCUT2D eigenvalue weighted by Crippen LogP contribution is 2.32. The molecule has 6 nitrogen and oxygen atoms in total. The molecule has 2 N–H and O–H groups in total. The quantitative estimate of drug-likeness (QED) is 0.572. The number of rotatable bonds is 4. The molecule has 25 heavy (non-hydrogen) atoms. The van der Waals surface area contributed by atoms with Crippen LogP contribution in [0.1, 0.15) is 10.6 Å². The van der Waals surface area contributed by atoms with Gasteiger partial charge in [-0.25, -0.2) is 0 Å². The summed E-state index contributed by atoms with van der Waals surface area (Å²) < 4.78 is 11.8. The number of nitrogens with one attached hydrogen (secondary N) is 2. The summed E-state index contributed by atoms with van der Waals surface area (Å²) in [4.78, 5) is 23.6. The maximum absolute atomic E-state index is 11.8. The molecule has 0 fully saturated rings. The topological polar surface area (TPSA) is 80.6 Å². The first-order valence-electron chi connectivity index (χ1n) is 7.19. The van der Waals surface area contributed by atoms with Gasteiger partial charge in [0.25, 0.3) is 5.91 Å². The molecule has 3 aromatic rings. The van der Waals surface area contributed by atoms with Crippen LogP contribution in [0, 0.1) is 0 Å². The third kappa shape index (κ3) is 4.21. The minimum absolute atomic E-state index is 0.0744. The van der Waals surface area contributed by atoms with Crippen molar-refractivity contribution in [2.75, 3.05) is 6.61 Å². The number of carbonyl (C=O) groups excluding carboxylic acids is 2. The molecule has 0 aliphatic heterocycles. The molecule has 2 amide bonds. The Balaban J connectivity index is 1.55. The number of amides is 2. The number of ether oxygens (including phenoxy) is 1. The van der Waals surface area contributed by atoms with E-state index in [1.165, 1.54) is 6.07 Å². The Morgan fingerprint density at radius 3 is 2.56 bits per heavy atom. The summed E-state index contributed by atoms with van der Waals surface area (Å²) in [6, 6.07) is 14.6. The second-order valence-corrected chi connectivity index (χ2v) is 6.57. The van der Waals surface area contributed by atoms with Crippen LogP contribution in [-0.2, 0) is 4.79 Å². The van der Waals surface area contributed by atoms with Gasteiger partial charge in [-0.3, -0.25) is 20.4 Å². The average molecular weight is 468 g/mol. The van der Waals surface area contributed by atoms with E-state index in [2.05, 4.69) is 42.7 Å². The van der Waals surface area contributed by atoms with Gasteiger partial charge < -0.3 is 9.15 Å². The molecule has 1 heterocycles. The number of hydrogen-bond donors (Lipinski definition) is 2. The molecule has 128 valence electrons. The molecule has 8 heteroatoms. The van der Waals surface area contributed by atoms with E-state index in [-0.39, 0.29) is 12.4 Å². The SMILES string of the molecule is O=C(COc1ccc2ccccc2c1Br)NNC(=O)c1ccc(Br)o1. The fourth-order valence-electron chi connectivity index (χ4n) is 2.13. The van der Waals surface area contributed by atoms with E-state index >= 15 is 0 Å². The van der Waals surface area contributed by atoms with Crippen molar-refractivity contribution in [3.63, 3.8) is 0 Å². The van der Waals surface area contributed by atoms with Crippen LogP contribution in [0.2, 0.25) is 0 Å². The van der Waals surface area contributed by atoms with Crippen LogP contribution in [0.15, 0.2) is 62.1 Å². The molecule has 0 saturated carbocycles. The second kappa shape index (κ2) is 7.71. The molecule has 0 aliphatic rings. The van der Waals surface area contributed by atoms with E-state index in [4.69, 9.17) is 9.15 Å². The molecular formula is C17H12Br2N2O4. The average Bonchev–Trinajstić information content (AvgIpc) is 3.06. The van der Waals surface area contributed by atoms with E-state index in [0.29, 0.717) is 10.4 Å². The predicted molar refractivity (Wildman–Crippen MR) is 99.2 cm³/mol.